The zero-order valence-corrected chi connectivity index (χ0v) is 16.2. The Morgan fingerprint density at radius 1 is 1.14 bits per heavy atom. The van der Waals surface area contributed by atoms with Gasteiger partial charge in [0.05, 0.1) is 31.1 Å². The Kier molecular flexibility index (Phi) is 6.64. The highest BCUT2D eigenvalue weighted by Crippen LogP contribution is 2.47. The van der Waals surface area contributed by atoms with Crippen molar-refractivity contribution >= 4 is 23.5 Å². The number of benzene rings is 1. The zero-order valence-electron chi connectivity index (χ0n) is 16.2. The average molecular weight is 389 g/mol. The van der Waals surface area contributed by atoms with E-state index in [0.717, 1.165) is 19.6 Å². The van der Waals surface area contributed by atoms with Crippen LogP contribution in [0.25, 0.3) is 0 Å². The summed E-state index contributed by atoms with van der Waals surface area (Å²) in [5, 5.41) is 5.63. The normalized spacial score (nSPS) is 18.2. The highest BCUT2D eigenvalue weighted by atomic mass is 16.5. The Morgan fingerprint density at radius 3 is 2.54 bits per heavy atom. The molecule has 0 bridgehead atoms. The highest BCUT2D eigenvalue weighted by molar-refractivity contribution is 6.14. The molecule has 8 nitrogen and oxygen atoms in total. The molecule has 8 heteroatoms. The number of nitrogens with one attached hydrogen (secondary N) is 2. The van der Waals surface area contributed by atoms with Crippen molar-refractivity contribution in [3.05, 3.63) is 29.8 Å². The van der Waals surface area contributed by atoms with Gasteiger partial charge in [-0.1, -0.05) is 12.1 Å². The summed E-state index contributed by atoms with van der Waals surface area (Å²) in [4.78, 5) is 39.7. The molecule has 2 N–H and O–H groups in total. The maximum absolute atomic E-state index is 12.8. The first kappa shape index (κ1) is 20.3. The van der Waals surface area contributed by atoms with Crippen molar-refractivity contribution in [1.29, 1.82) is 0 Å². The predicted octanol–water partition coefficient (Wildman–Crippen LogP) is 1.03. The monoisotopic (exact) mass is 389 g/mol. The molecule has 0 aromatic heterocycles. The smallest absolute Gasteiger partial charge is 0.340 e. The lowest BCUT2D eigenvalue weighted by atomic mass is 10.0. The number of rotatable bonds is 8. The summed E-state index contributed by atoms with van der Waals surface area (Å²) >= 11 is 0. The van der Waals surface area contributed by atoms with Gasteiger partial charge in [0, 0.05) is 26.2 Å². The van der Waals surface area contributed by atoms with Crippen molar-refractivity contribution in [2.45, 2.75) is 19.8 Å². The maximum Gasteiger partial charge on any atom is 0.340 e. The Morgan fingerprint density at radius 2 is 1.86 bits per heavy atom. The quantitative estimate of drug-likeness (QED) is 0.509. The van der Waals surface area contributed by atoms with Gasteiger partial charge in [0.2, 0.25) is 11.8 Å². The number of nitrogens with zero attached hydrogens (tertiary/aromatic N) is 1. The van der Waals surface area contributed by atoms with Crippen LogP contribution >= 0.6 is 0 Å². The topological polar surface area (TPSA) is 97.0 Å². The number of anilines is 1. The van der Waals surface area contributed by atoms with Crippen LogP contribution in [0, 0.1) is 5.41 Å². The van der Waals surface area contributed by atoms with Crippen LogP contribution in [0.1, 0.15) is 30.1 Å². The van der Waals surface area contributed by atoms with Crippen molar-refractivity contribution in [3.63, 3.8) is 0 Å². The standard InChI is InChI=1S/C20H27N3O5/c1-2-28-17(24)15-5-3-4-6-16(15)22-19(26)20(7-8-20)18(25)21-9-10-23-11-13-27-14-12-23/h3-6H,2,7-14H2,1H3,(H,21,25)(H,22,26). The molecular weight excluding hydrogens is 362 g/mol. The predicted molar refractivity (Wildman–Crippen MR) is 103 cm³/mol. The maximum atomic E-state index is 12.8. The van der Waals surface area contributed by atoms with Crippen LogP contribution in [0.15, 0.2) is 24.3 Å². The fraction of sp³-hybridized carbons (Fsp3) is 0.550. The molecule has 1 saturated heterocycles. The third kappa shape index (κ3) is 4.69. The van der Waals surface area contributed by atoms with Crippen LogP contribution in [0.2, 0.25) is 0 Å². The Labute approximate surface area is 164 Å². The number of amides is 2. The number of esters is 1. The van der Waals surface area contributed by atoms with Crippen molar-refractivity contribution in [2.75, 3.05) is 51.3 Å². The summed E-state index contributed by atoms with van der Waals surface area (Å²) in [6.07, 6.45) is 1.01. The lowest BCUT2D eigenvalue weighted by molar-refractivity contribution is -0.134. The lowest BCUT2D eigenvalue weighted by Gasteiger charge is -2.26. The molecule has 2 aliphatic rings. The van der Waals surface area contributed by atoms with Gasteiger partial charge in [0.15, 0.2) is 0 Å². The Balaban J connectivity index is 1.56. The van der Waals surface area contributed by atoms with Gasteiger partial charge in [-0.15, -0.1) is 0 Å². The molecule has 1 aliphatic heterocycles. The van der Waals surface area contributed by atoms with Gasteiger partial charge in [-0.05, 0) is 31.9 Å². The molecule has 0 atom stereocenters. The molecule has 1 heterocycles. The van der Waals surface area contributed by atoms with Gasteiger partial charge in [0.1, 0.15) is 5.41 Å². The second-order valence-electron chi connectivity index (χ2n) is 7.01. The lowest BCUT2D eigenvalue weighted by Crippen LogP contribution is -2.45. The van der Waals surface area contributed by atoms with E-state index >= 15 is 0 Å². The number of carbonyl (C=O) groups excluding carboxylic acids is 3. The van der Waals surface area contributed by atoms with Crippen molar-refractivity contribution in [3.8, 4) is 0 Å². The molecule has 0 radical (unpaired) electrons. The van der Waals surface area contributed by atoms with Crippen LogP contribution in [-0.4, -0.2) is 68.7 Å². The van der Waals surface area contributed by atoms with E-state index < -0.39 is 11.4 Å². The molecule has 2 amide bonds. The first-order valence-corrected chi connectivity index (χ1v) is 9.73. The van der Waals surface area contributed by atoms with E-state index in [1.54, 1.807) is 31.2 Å². The molecule has 0 spiro atoms. The molecule has 2 fully saturated rings. The average Bonchev–Trinajstić information content (AvgIpc) is 3.51. The van der Waals surface area contributed by atoms with E-state index in [0.29, 0.717) is 38.3 Å². The summed E-state index contributed by atoms with van der Waals surface area (Å²) < 4.78 is 10.3. The molecule has 28 heavy (non-hydrogen) atoms. The van der Waals surface area contributed by atoms with E-state index in [1.807, 2.05) is 0 Å². The van der Waals surface area contributed by atoms with Gasteiger partial charge in [-0.25, -0.2) is 4.79 Å². The molecule has 3 rings (SSSR count). The number of morpholine rings is 1. The minimum atomic E-state index is -1.05. The molecule has 1 aromatic carbocycles. The van der Waals surface area contributed by atoms with E-state index in [2.05, 4.69) is 15.5 Å². The number of para-hydroxylation sites is 1. The van der Waals surface area contributed by atoms with Gasteiger partial charge in [0.25, 0.3) is 0 Å². The summed E-state index contributed by atoms with van der Waals surface area (Å²) in [6, 6.07) is 6.65. The molecular formula is C20H27N3O5. The van der Waals surface area contributed by atoms with Gasteiger partial charge >= 0.3 is 5.97 Å². The van der Waals surface area contributed by atoms with Crippen LogP contribution in [0.5, 0.6) is 0 Å². The number of hydrogen-bond acceptors (Lipinski definition) is 6. The molecule has 152 valence electrons. The van der Waals surface area contributed by atoms with E-state index in [4.69, 9.17) is 9.47 Å². The van der Waals surface area contributed by atoms with E-state index in [-0.39, 0.29) is 24.0 Å². The summed E-state index contributed by atoms with van der Waals surface area (Å²) in [5.74, 6) is -1.14. The zero-order chi connectivity index (χ0) is 20.0. The van der Waals surface area contributed by atoms with Crippen molar-refractivity contribution in [2.24, 2.45) is 5.41 Å². The van der Waals surface area contributed by atoms with Crippen molar-refractivity contribution in [1.82, 2.24) is 10.2 Å². The van der Waals surface area contributed by atoms with Gasteiger partial charge < -0.3 is 20.1 Å². The third-order valence-corrected chi connectivity index (χ3v) is 5.11. The first-order chi connectivity index (χ1) is 13.6. The fourth-order valence-electron chi connectivity index (χ4n) is 3.22. The minimum Gasteiger partial charge on any atom is -0.462 e. The SMILES string of the molecule is CCOC(=O)c1ccccc1NC(=O)C1(C(=O)NCCN2CCOCC2)CC1. The first-order valence-electron chi connectivity index (χ1n) is 9.73. The molecule has 1 aliphatic carbocycles. The number of carbonyl (C=O) groups is 3. The minimum absolute atomic E-state index is 0.247. The highest BCUT2D eigenvalue weighted by Gasteiger charge is 2.56. The second kappa shape index (κ2) is 9.16. The van der Waals surface area contributed by atoms with Crippen LogP contribution in [0.3, 0.4) is 0 Å². The number of ether oxygens (including phenoxy) is 2. The molecule has 1 aromatic rings. The van der Waals surface area contributed by atoms with Crippen LogP contribution in [-0.2, 0) is 19.1 Å². The largest absolute Gasteiger partial charge is 0.462 e. The Bertz CT molecular complexity index is 726. The second-order valence-corrected chi connectivity index (χ2v) is 7.01. The summed E-state index contributed by atoms with van der Waals surface area (Å²) in [5.41, 5.74) is -0.410. The van der Waals surface area contributed by atoms with Crippen molar-refractivity contribution < 1.29 is 23.9 Å². The summed E-state index contributed by atoms with van der Waals surface area (Å²) in [6.45, 7) is 6.32. The summed E-state index contributed by atoms with van der Waals surface area (Å²) in [7, 11) is 0. The molecule has 1 saturated carbocycles. The van der Waals surface area contributed by atoms with E-state index in [9.17, 15) is 14.4 Å². The fourth-order valence-corrected chi connectivity index (χ4v) is 3.22. The van der Waals surface area contributed by atoms with E-state index in [1.165, 1.54) is 0 Å². The van der Waals surface area contributed by atoms with Crippen LogP contribution < -0.4 is 10.6 Å². The Hall–Kier alpha value is -2.45. The molecule has 0 unspecified atom stereocenters. The van der Waals surface area contributed by atoms with Crippen LogP contribution in [0.4, 0.5) is 5.69 Å². The van der Waals surface area contributed by atoms with Gasteiger partial charge in [-0.3, -0.25) is 14.5 Å². The number of hydrogen-bond donors (Lipinski definition) is 2. The third-order valence-electron chi connectivity index (χ3n) is 5.11. The van der Waals surface area contributed by atoms with Gasteiger partial charge in [-0.2, -0.15) is 0 Å².